The largest absolute Gasteiger partial charge is 0.291 e. The molecule has 0 saturated heterocycles. The van der Waals surface area contributed by atoms with Gasteiger partial charge < -0.3 is 0 Å². The quantitative estimate of drug-likeness (QED) is 0.713. The number of hydrogen-bond donors (Lipinski definition) is 0. The minimum absolute atomic E-state index is 0.0574. The van der Waals surface area contributed by atoms with Gasteiger partial charge in [0.1, 0.15) is 6.04 Å². The maximum absolute atomic E-state index is 9.17. The number of rotatable bonds is 3. The summed E-state index contributed by atoms with van der Waals surface area (Å²) in [6, 6.07) is 2.32. The Kier molecular flexibility index (Phi) is 2.98. The van der Waals surface area contributed by atoms with Crippen LogP contribution in [0.25, 0.3) is 0 Å². The smallest absolute Gasteiger partial charge is 0.116 e. The molecule has 0 radical (unpaired) electrons. The zero-order valence-electron chi connectivity index (χ0n) is 11.6. The van der Waals surface area contributed by atoms with Crippen LogP contribution in [0.5, 0.6) is 0 Å². The van der Waals surface area contributed by atoms with E-state index in [0.717, 1.165) is 17.8 Å². The van der Waals surface area contributed by atoms with Crippen molar-refractivity contribution >= 4 is 0 Å². The second kappa shape index (κ2) is 4.38. The van der Waals surface area contributed by atoms with Gasteiger partial charge in [0.2, 0.25) is 0 Å². The van der Waals surface area contributed by atoms with Gasteiger partial charge in [0.25, 0.3) is 0 Å². The maximum Gasteiger partial charge on any atom is 0.116 e. The molecule has 2 nitrogen and oxygen atoms in total. The van der Waals surface area contributed by atoms with Crippen LogP contribution in [0.2, 0.25) is 0 Å². The molecule has 98 valence electrons. The number of nitrogens with zero attached hydrogens (tertiary/aromatic N) is 2. The molecule has 0 aromatic carbocycles. The molecule has 1 atom stereocenters. The number of hydrogen-bond acceptors (Lipinski definition) is 2. The summed E-state index contributed by atoms with van der Waals surface area (Å²) in [4.78, 5) is 2.00. The van der Waals surface area contributed by atoms with E-state index < -0.39 is 0 Å². The summed E-state index contributed by atoms with van der Waals surface area (Å²) in [5.41, 5.74) is 0.458. The van der Waals surface area contributed by atoms with Gasteiger partial charge >= 0.3 is 0 Å². The van der Waals surface area contributed by atoms with Crippen LogP contribution < -0.4 is 0 Å². The number of nitriles is 1. The van der Waals surface area contributed by atoms with E-state index in [1.54, 1.807) is 0 Å². The van der Waals surface area contributed by atoms with Crippen molar-refractivity contribution in [1.82, 2.24) is 4.90 Å². The Morgan fingerprint density at radius 3 is 2.00 bits per heavy atom. The first kappa shape index (κ1) is 12.2. The Morgan fingerprint density at radius 1 is 1.11 bits per heavy atom. The number of likely N-dealkylation sites (N-methyl/N-ethyl adjacent to an activating group) is 1. The van der Waals surface area contributed by atoms with Crippen LogP contribution in [-0.4, -0.2) is 25.0 Å². The summed E-state index contributed by atoms with van der Waals surface area (Å²) < 4.78 is 0. The van der Waals surface area contributed by atoms with Gasteiger partial charge in [-0.25, -0.2) is 0 Å². The van der Waals surface area contributed by atoms with Crippen molar-refractivity contribution in [3.05, 3.63) is 12.2 Å². The third-order valence-corrected chi connectivity index (χ3v) is 5.41. The fourth-order valence-corrected chi connectivity index (χ4v) is 5.01. The second-order valence-corrected chi connectivity index (χ2v) is 7.18. The molecule has 0 aromatic heterocycles. The van der Waals surface area contributed by atoms with Gasteiger partial charge in [-0.05, 0) is 75.8 Å². The van der Waals surface area contributed by atoms with Crippen molar-refractivity contribution in [2.45, 2.75) is 44.6 Å². The molecule has 4 aliphatic rings. The predicted molar refractivity (Wildman–Crippen MR) is 72.8 cm³/mol. The third kappa shape index (κ3) is 2.10. The van der Waals surface area contributed by atoms with E-state index in [1.165, 1.54) is 38.5 Å². The topological polar surface area (TPSA) is 27.0 Å². The average Bonchev–Trinajstić information content (AvgIpc) is 2.27. The van der Waals surface area contributed by atoms with E-state index in [4.69, 9.17) is 5.26 Å². The Labute approximate surface area is 111 Å². The first-order valence-electron chi connectivity index (χ1n) is 7.36. The summed E-state index contributed by atoms with van der Waals surface area (Å²) in [7, 11) is 3.97. The molecule has 4 fully saturated rings. The molecule has 2 heteroatoms. The molecule has 4 aliphatic carbocycles. The van der Waals surface area contributed by atoms with Gasteiger partial charge in [-0.15, -0.1) is 0 Å². The third-order valence-electron chi connectivity index (χ3n) is 5.41. The van der Waals surface area contributed by atoms with Crippen LogP contribution >= 0.6 is 0 Å². The summed E-state index contributed by atoms with van der Waals surface area (Å²) >= 11 is 0. The van der Waals surface area contributed by atoms with Crippen molar-refractivity contribution in [1.29, 1.82) is 5.26 Å². The van der Waals surface area contributed by atoms with Crippen LogP contribution in [0.15, 0.2) is 12.2 Å². The second-order valence-electron chi connectivity index (χ2n) is 7.18. The highest BCUT2D eigenvalue weighted by molar-refractivity contribution is 5.15. The van der Waals surface area contributed by atoms with Crippen LogP contribution in [0, 0.1) is 34.5 Å². The standard InChI is InChI=1S/C16H24N2/c1-18(2)15(11-17)3-4-16-8-12-5-13(9-16)7-14(6-12)10-16/h3-4,12-15H,5-10H2,1-2H3/b4-3+. The minimum Gasteiger partial charge on any atom is -0.291 e. The molecule has 0 amide bonds. The van der Waals surface area contributed by atoms with Crippen LogP contribution in [0.3, 0.4) is 0 Å². The van der Waals surface area contributed by atoms with Gasteiger partial charge in [-0.1, -0.05) is 12.2 Å². The van der Waals surface area contributed by atoms with E-state index in [-0.39, 0.29) is 6.04 Å². The zero-order valence-corrected chi connectivity index (χ0v) is 11.6. The Morgan fingerprint density at radius 2 is 1.61 bits per heavy atom. The maximum atomic E-state index is 9.17. The number of allylic oxidation sites excluding steroid dienone is 1. The van der Waals surface area contributed by atoms with Gasteiger partial charge in [0, 0.05) is 0 Å². The molecule has 0 spiro atoms. The van der Waals surface area contributed by atoms with Crippen LogP contribution in [0.4, 0.5) is 0 Å². The fraction of sp³-hybridized carbons (Fsp3) is 0.812. The van der Waals surface area contributed by atoms with Crippen LogP contribution in [0.1, 0.15) is 38.5 Å². The van der Waals surface area contributed by atoms with E-state index in [2.05, 4.69) is 18.2 Å². The first-order valence-corrected chi connectivity index (χ1v) is 7.36. The normalized spacial score (nSPS) is 43.6. The minimum atomic E-state index is -0.0574. The van der Waals surface area contributed by atoms with Gasteiger partial charge in [-0.3, -0.25) is 4.90 Å². The molecule has 1 unspecified atom stereocenters. The Hall–Kier alpha value is -0.810. The van der Waals surface area contributed by atoms with Crippen molar-refractivity contribution < 1.29 is 0 Å². The van der Waals surface area contributed by atoms with Gasteiger partial charge in [-0.2, -0.15) is 5.26 Å². The van der Waals surface area contributed by atoms with Crippen molar-refractivity contribution in [3.8, 4) is 6.07 Å². The molecular weight excluding hydrogens is 220 g/mol. The molecule has 4 bridgehead atoms. The molecule has 0 aliphatic heterocycles. The Bertz CT molecular complexity index is 353. The highest BCUT2D eigenvalue weighted by Gasteiger charge is 2.49. The summed E-state index contributed by atoms with van der Waals surface area (Å²) in [5, 5.41) is 9.17. The van der Waals surface area contributed by atoms with E-state index in [0.29, 0.717) is 5.41 Å². The first-order chi connectivity index (χ1) is 8.60. The van der Waals surface area contributed by atoms with Crippen molar-refractivity contribution in [3.63, 3.8) is 0 Å². The molecule has 0 aromatic rings. The molecule has 0 N–H and O–H groups in total. The summed E-state index contributed by atoms with van der Waals surface area (Å²) in [6.07, 6.45) is 13.2. The van der Waals surface area contributed by atoms with Gasteiger partial charge in [0.15, 0.2) is 0 Å². The van der Waals surface area contributed by atoms with E-state index >= 15 is 0 Å². The summed E-state index contributed by atoms with van der Waals surface area (Å²) in [6.45, 7) is 0. The lowest BCUT2D eigenvalue weighted by atomic mass is 9.49. The zero-order chi connectivity index (χ0) is 12.8. The summed E-state index contributed by atoms with van der Waals surface area (Å²) in [5.74, 6) is 2.96. The highest BCUT2D eigenvalue weighted by Crippen LogP contribution is 2.60. The van der Waals surface area contributed by atoms with E-state index in [1.807, 2.05) is 19.0 Å². The van der Waals surface area contributed by atoms with Gasteiger partial charge in [0.05, 0.1) is 6.07 Å². The average molecular weight is 244 g/mol. The monoisotopic (exact) mass is 244 g/mol. The molecule has 18 heavy (non-hydrogen) atoms. The lowest BCUT2D eigenvalue weighted by molar-refractivity contribution is -0.0239. The van der Waals surface area contributed by atoms with Crippen molar-refractivity contribution in [2.24, 2.45) is 23.2 Å². The van der Waals surface area contributed by atoms with Crippen molar-refractivity contribution in [2.75, 3.05) is 14.1 Å². The van der Waals surface area contributed by atoms with E-state index in [9.17, 15) is 0 Å². The fourth-order valence-electron chi connectivity index (χ4n) is 5.01. The van der Waals surface area contributed by atoms with Crippen LogP contribution in [-0.2, 0) is 0 Å². The lowest BCUT2D eigenvalue weighted by Gasteiger charge is -2.56. The molecule has 4 rings (SSSR count). The SMILES string of the molecule is CN(C)C(C#N)/C=C/C12CC3CC(CC(C3)C1)C2. The lowest BCUT2D eigenvalue weighted by Crippen LogP contribution is -2.45. The molecule has 4 saturated carbocycles. The highest BCUT2D eigenvalue weighted by atomic mass is 15.1. The Balaban J connectivity index is 1.76. The molecular formula is C16H24N2. The predicted octanol–water partition coefficient (Wildman–Crippen LogP) is 3.21. The molecule has 0 heterocycles.